The van der Waals surface area contributed by atoms with Gasteiger partial charge in [0.05, 0.1) is 18.2 Å². The molecule has 0 spiro atoms. The third-order valence-electron chi connectivity index (χ3n) is 5.32. The van der Waals surface area contributed by atoms with Crippen LogP contribution in [0.1, 0.15) is 36.9 Å². The van der Waals surface area contributed by atoms with Gasteiger partial charge in [-0.25, -0.2) is 4.98 Å². The number of ether oxygens (including phenoxy) is 1. The summed E-state index contributed by atoms with van der Waals surface area (Å²) in [6.45, 7) is 2.39. The monoisotopic (exact) mass is 370 g/mol. The van der Waals surface area contributed by atoms with E-state index in [4.69, 9.17) is 4.74 Å². The second-order valence-electron chi connectivity index (χ2n) is 7.15. The first-order chi connectivity index (χ1) is 13.0. The van der Waals surface area contributed by atoms with Gasteiger partial charge >= 0.3 is 5.97 Å². The number of hydrogen-bond acceptors (Lipinski definition) is 7. The highest BCUT2D eigenvalue weighted by molar-refractivity contribution is 5.73. The van der Waals surface area contributed by atoms with Crippen molar-refractivity contribution in [3.05, 3.63) is 23.4 Å². The van der Waals surface area contributed by atoms with Crippen LogP contribution < -0.4 is 10.1 Å². The van der Waals surface area contributed by atoms with Crippen molar-refractivity contribution >= 4 is 11.9 Å². The van der Waals surface area contributed by atoms with Crippen molar-refractivity contribution < 1.29 is 19.7 Å². The number of benzene rings is 1. The fourth-order valence-corrected chi connectivity index (χ4v) is 3.89. The van der Waals surface area contributed by atoms with Crippen LogP contribution in [0, 0.1) is 12.8 Å². The Morgan fingerprint density at radius 3 is 2.93 bits per heavy atom. The third-order valence-corrected chi connectivity index (χ3v) is 5.32. The molecular weight excluding hydrogens is 348 g/mol. The lowest BCUT2D eigenvalue weighted by atomic mass is 9.86. The van der Waals surface area contributed by atoms with E-state index in [2.05, 4.69) is 20.5 Å². The van der Waals surface area contributed by atoms with Crippen molar-refractivity contribution in [3.63, 3.8) is 0 Å². The molecule has 1 aliphatic heterocycles. The predicted molar refractivity (Wildman–Crippen MR) is 97.9 cm³/mol. The fraction of sp³-hybridized carbons (Fsp3) is 0.474. The molecule has 0 bridgehead atoms. The molecule has 3 N–H and O–H groups in total. The molecule has 4 rings (SSSR count). The molecule has 1 aromatic carbocycles. The van der Waals surface area contributed by atoms with Crippen LogP contribution in [-0.4, -0.2) is 44.0 Å². The number of aromatic hydroxyl groups is 1. The van der Waals surface area contributed by atoms with Crippen molar-refractivity contribution in [1.29, 1.82) is 0 Å². The topological polar surface area (TPSA) is 117 Å². The van der Waals surface area contributed by atoms with Gasteiger partial charge in [-0.3, -0.25) is 4.79 Å². The smallest absolute Gasteiger partial charge is 0.306 e. The molecule has 8 nitrogen and oxygen atoms in total. The Bertz CT molecular complexity index is 886. The molecule has 1 aliphatic carbocycles. The number of carboxylic acid groups (broad SMARTS) is 1. The van der Waals surface area contributed by atoms with Crippen molar-refractivity contribution in [1.82, 2.24) is 15.2 Å². The first-order valence-electron chi connectivity index (χ1n) is 9.21. The Labute approximate surface area is 156 Å². The van der Waals surface area contributed by atoms with Crippen LogP contribution in [0.2, 0.25) is 0 Å². The van der Waals surface area contributed by atoms with E-state index in [1.54, 1.807) is 6.07 Å². The lowest BCUT2D eigenvalue weighted by Gasteiger charge is -2.27. The molecule has 2 aliphatic rings. The molecule has 1 saturated carbocycles. The van der Waals surface area contributed by atoms with Crippen molar-refractivity contribution in [2.75, 3.05) is 11.9 Å². The van der Waals surface area contributed by atoms with Gasteiger partial charge in [-0.15, -0.1) is 10.2 Å². The number of carboxylic acids is 1. The summed E-state index contributed by atoms with van der Waals surface area (Å²) in [5.74, 6) is 0.189. The number of carbonyl (C=O) groups is 1. The van der Waals surface area contributed by atoms with Crippen LogP contribution in [0.25, 0.3) is 11.3 Å². The maximum absolute atomic E-state index is 11.2. The fourth-order valence-electron chi connectivity index (χ4n) is 3.89. The van der Waals surface area contributed by atoms with E-state index < -0.39 is 5.97 Å². The van der Waals surface area contributed by atoms with Crippen LogP contribution in [0.3, 0.4) is 0 Å². The number of aryl methyl sites for hydroxylation is 1. The zero-order chi connectivity index (χ0) is 19.0. The zero-order valence-electron chi connectivity index (χ0n) is 15.1. The summed E-state index contributed by atoms with van der Waals surface area (Å²) >= 11 is 0. The summed E-state index contributed by atoms with van der Waals surface area (Å²) in [6, 6.07) is 3.63. The Morgan fingerprint density at radius 2 is 2.15 bits per heavy atom. The number of anilines is 1. The van der Waals surface area contributed by atoms with E-state index in [0.29, 0.717) is 54.5 Å². The molecule has 142 valence electrons. The predicted octanol–water partition coefficient (Wildman–Crippen LogP) is 2.54. The number of fused-ring (bicyclic) bond motifs is 1. The van der Waals surface area contributed by atoms with Gasteiger partial charge in [0.1, 0.15) is 17.2 Å². The molecule has 1 fully saturated rings. The molecule has 8 heteroatoms. The Balaban J connectivity index is 1.54. The quantitative estimate of drug-likeness (QED) is 0.751. The Hall–Kier alpha value is -2.90. The SMILES string of the molecule is Cc1nc(N[C@@H]2CCC[C@H](C(=O)O)C2)nnc1-c1ccc2c(c1O)CCO2. The second kappa shape index (κ2) is 7.02. The van der Waals surface area contributed by atoms with Crippen molar-refractivity contribution in [3.8, 4) is 22.8 Å². The summed E-state index contributed by atoms with van der Waals surface area (Å²) in [7, 11) is 0. The number of phenolic OH excluding ortho intramolecular Hbond substituents is 1. The Morgan fingerprint density at radius 1 is 1.30 bits per heavy atom. The van der Waals surface area contributed by atoms with Crippen LogP contribution in [-0.2, 0) is 11.2 Å². The summed E-state index contributed by atoms with van der Waals surface area (Å²) < 4.78 is 5.47. The number of aromatic nitrogens is 3. The van der Waals surface area contributed by atoms with Crippen LogP contribution in [0.5, 0.6) is 11.5 Å². The molecular formula is C19H22N4O4. The van der Waals surface area contributed by atoms with E-state index in [1.807, 2.05) is 13.0 Å². The molecule has 2 aromatic rings. The summed E-state index contributed by atoms with van der Waals surface area (Å²) in [5, 5.41) is 31.4. The lowest BCUT2D eigenvalue weighted by Crippen LogP contribution is -2.31. The largest absolute Gasteiger partial charge is 0.507 e. The Kier molecular flexibility index (Phi) is 4.55. The molecule has 0 unspecified atom stereocenters. The maximum atomic E-state index is 11.2. The van der Waals surface area contributed by atoms with E-state index in [1.165, 1.54) is 0 Å². The van der Waals surface area contributed by atoms with E-state index in [-0.39, 0.29) is 17.7 Å². The zero-order valence-corrected chi connectivity index (χ0v) is 15.1. The first kappa shape index (κ1) is 17.5. The van der Waals surface area contributed by atoms with Gasteiger partial charge in [-0.1, -0.05) is 6.42 Å². The average molecular weight is 370 g/mol. The van der Waals surface area contributed by atoms with Gasteiger partial charge in [0, 0.05) is 23.6 Å². The summed E-state index contributed by atoms with van der Waals surface area (Å²) in [5.41, 5.74) is 2.55. The standard InChI is InChI=1S/C19H22N4O4/c1-10-16(14-5-6-15-13(17(14)24)7-8-27-15)22-23-19(20-10)21-12-4-2-3-11(9-12)18(25)26/h5-6,11-12,24H,2-4,7-9H2,1H3,(H,25,26)(H,20,21,23)/t11-,12+/m0/s1. The number of nitrogens with zero attached hydrogens (tertiary/aromatic N) is 3. The normalized spacial score (nSPS) is 21.4. The van der Waals surface area contributed by atoms with Crippen LogP contribution in [0.4, 0.5) is 5.95 Å². The van der Waals surface area contributed by atoms with E-state index >= 15 is 0 Å². The number of phenols is 1. The van der Waals surface area contributed by atoms with Gasteiger partial charge in [0.25, 0.3) is 0 Å². The highest BCUT2D eigenvalue weighted by atomic mass is 16.5. The molecule has 2 heterocycles. The molecule has 1 aromatic heterocycles. The minimum Gasteiger partial charge on any atom is -0.507 e. The molecule has 0 radical (unpaired) electrons. The van der Waals surface area contributed by atoms with Gasteiger partial charge < -0.3 is 20.3 Å². The average Bonchev–Trinajstić information content (AvgIpc) is 3.13. The number of hydrogen-bond donors (Lipinski definition) is 3. The second-order valence-corrected chi connectivity index (χ2v) is 7.15. The van der Waals surface area contributed by atoms with E-state index in [9.17, 15) is 15.0 Å². The summed E-state index contributed by atoms with van der Waals surface area (Å²) in [6.07, 6.45) is 3.70. The van der Waals surface area contributed by atoms with E-state index in [0.717, 1.165) is 18.4 Å². The molecule has 2 atom stereocenters. The highest BCUT2D eigenvalue weighted by Gasteiger charge is 2.27. The lowest BCUT2D eigenvalue weighted by molar-refractivity contribution is -0.142. The third kappa shape index (κ3) is 3.39. The number of aliphatic carboxylic acids is 1. The molecule has 27 heavy (non-hydrogen) atoms. The minimum atomic E-state index is -0.747. The van der Waals surface area contributed by atoms with Crippen LogP contribution in [0.15, 0.2) is 12.1 Å². The summed E-state index contributed by atoms with van der Waals surface area (Å²) in [4.78, 5) is 15.7. The number of nitrogens with one attached hydrogen (secondary N) is 1. The van der Waals surface area contributed by atoms with Gasteiger partial charge in [-0.2, -0.15) is 0 Å². The first-order valence-corrected chi connectivity index (χ1v) is 9.21. The van der Waals surface area contributed by atoms with Crippen molar-refractivity contribution in [2.24, 2.45) is 5.92 Å². The van der Waals surface area contributed by atoms with Crippen LogP contribution >= 0.6 is 0 Å². The van der Waals surface area contributed by atoms with Gasteiger partial charge in [-0.05, 0) is 38.3 Å². The maximum Gasteiger partial charge on any atom is 0.306 e. The van der Waals surface area contributed by atoms with Crippen molar-refractivity contribution in [2.45, 2.75) is 45.1 Å². The van der Waals surface area contributed by atoms with Gasteiger partial charge in [0.2, 0.25) is 5.95 Å². The van der Waals surface area contributed by atoms with Gasteiger partial charge in [0.15, 0.2) is 0 Å². The minimum absolute atomic E-state index is 0.0254. The number of rotatable bonds is 4. The molecule has 0 amide bonds. The highest BCUT2D eigenvalue weighted by Crippen LogP contribution is 2.40. The molecule has 0 saturated heterocycles.